The number of nitrogens with zero attached hydrogens (tertiary/aromatic N) is 1. The van der Waals surface area contributed by atoms with Crippen LogP contribution in [0.1, 0.15) is 26.4 Å². The lowest BCUT2D eigenvalue weighted by Crippen LogP contribution is -2.15. The lowest BCUT2D eigenvalue weighted by atomic mass is 10.1. The first-order chi connectivity index (χ1) is 8.99. The van der Waals surface area contributed by atoms with Gasteiger partial charge in [-0.15, -0.1) is 11.3 Å². The van der Waals surface area contributed by atoms with E-state index in [9.17, 15) is 0 Å². The Kier molecular flexibility index (Phi) is 4.17. The van der Waals surface area contributed by atoms with Gasteiger partial charge in [0.25, 0.3) is 0 Å². The number of aromatic nitrogens is 1. The molecule has 3 nitrogen and oxygen atoms in total. The molecule has 0 unspecified atom stereocenters. The summed E-state index contributed by atoms with van der Waals surface area (Å²) in [7, 11) is 0. The molecule has 0 bridgehead atoms. The van der Waals surface area contributed by atoms with E-state index in [0.29, 0.717) is 4.99 Å². The fraction of sp³-hybridized carbons (Fsp3) is 0.286. The van der Waals surface area contributed by atoms with Crippen molar-refractivity contribution in [2.75, 3.05) is 5.32 Å². The van der Waals surface area contributed by atoms with Gasteiger partial charge >= 0.3 is 0 Å². The number of aryl methyl sites for hydroxylation is 3. The van der Waals surface area contributed by atoms with Crippen molar-refractivity contribution < 1.29 is 0 Å². The Morgan fingerprint density at radius 1 is 1.37 bits per heavy atom. The quantitative estimate of drug-likeness (QED) is 0.849. The highest BCUT2D eigenvalue weighted by Crippen LogP contribution is 2.23. The summed E-state index contributed by atoms with van der Waals surface area (Å²) in [5.74, 6) is 0.760. The van der Waals surface area contributed by atoms with Crippen molar-refractivity contribution >= 4 is 34.4 Å². The highest BCUT2D eigenvalue weighted by atomic mass is 32.1. The van der Waals surface area contributed by atoms with Crippen molar-refractivity contribution in [2.24, 2.45) is 5.73 Å². The number of thiocarbonyl (C=S) groups is 1. The second-order valence-electron chi connectivity index (χ2n) is 4.52. The molecule has 0 aliphatic heterocycles. The molecule has 2 rings (SSSR count). The average molecular weight is 291 g/mol. The van der Waals surface area contributed by atoms with Crippen LogP contribution in [0.2, 0.25) is 0 Å². The smallest absolute Gasteiger partial charge is 0.136 e. The van der Waals surface area contributed by atoms with Crippen molar-refractivity contribution in [3.63, 3.8) is 0 Å². The molecule has 3 N–H and O–H groups in total. The minimum Gasteiger partial charge on any atom is -0.389 e. The summed E-state index contributed by atoms with van der Waals surface area (Å²) >= 11 is 6.89. The zero-order valence-electron chi connectivity index (χ0n) is 11.3. The second kappa shape index (κ2) is 5.67. The molecule has 0 radical (unpaired) electrons. The first-order valence-corrected chi connectivity index (χ1v) is 7.26. The Morgan fingerprint density at radius 3 is 2.68 bits per heavy atom. The summed E-state index contributed by atoms with van der Waals surface area (Å²) in [6.07, 6.45) is 1.77. The summed E-state index contributed by atoms with van der Waals surface area (Å²) in [6.45, 7) is 6.99. The van der Waals surface area contributed by atoms with Crippen LogP contribution in [0.3, 0.4) is 0 Å². The van der Waals surface area contributed by atoms with Crippen molar-refractivity contribution in [1.82, 2.24) is 4.98 Å². The molecule has 0 saturated carbocycles. The normalized spacial score (nSPS) is 10.5. The molecule has 2 aromatic rings. The Balaban J connectivity index is 2.20. The van der Waals surface area contributed by atoms with E-state index >= 15 is 0 Å². The van der Waals surface area contributed by atoms with Crippen LogP contribution >= 0.6 is 23.6 Å². The first kappa shape index (κ1) is 14.0. The van der Waals surface area contributed by atoms with Crippen LogP contribution in [0.4, 0.5) is 5.82 Å². The van der Waals surface area contributed by atoms with Crippen LogP contribution < -0.4 is 11.1 Å². The Hall–Kier alpha value is -1.46. The van der Waals surface area contributed by atoms with Crippen LogP contribution in [-0.2, 0) is 6.54 Å². The maximum absolute atomic E-state index is 5.77. The van der Waals surface area contributed by atoms with E-state index in [1.807, 2.05) is 13.0 Å². The number of rotatable bonds is 4. The van der Waals surface area contributed by atoms with Crippen LogP contribution in [-0.4, -0.2) is 9.97 Å². The van der Waals surface area contributed by atoms with E-state index in [2.05, 4.69) is 30.2 Å². The highest BCUT2D eigenvalue weighted by molar-refractivity contribution is 7.80. The van der Waals surface area contributed by atoms with Gasteiger partial charge in [-0.25, -0.2) is 4.98 Å². The maximum atomic E-state index is 5.77. The summed E-state index contributed by atoms with van der Waals surface area (Å²) in [5, 5.41) is 3.32. The van der Waals surface area contributed by atoms with Gasteiger partial charge in [-0.1, -0.05) is 12.2 Å². The average Bonchev–Trinajstić information content (AvgIpc) is 2.65. The molecule has 0 aromatic carbocycles. The van der Waals surface area contributed by atoms with Gasteiger partial charge in [-0.05, 0) is 44.0 Å². The van der Waals surface area contributed by atoms with E-state index in [1.165, 1.54) is 15.3 Å². The van der Waals surface area contributed by atoms with Crippen LogP contribution in [0.25, 0.3) is 0 Å². The van der Waals surface area contributed by atoms with Gasteiger partial charge in [0.1, 0.15) is 10.8 Å². The third-order valence-electron chi connectivity index (χ3n) is 3.05. The van der Waals surface area contributed by atoms with Gasteiger partial charge in [-0.3, -0.25) is 0 Å². The standard InChI is InChI=1S/C14H17N3S2/c1-8-4-5-16-14(12(8)13(15)18)17-7-11-6-9(2)10(3)19-11/h4-6H,7H2,1-3H3,(H2,15,18)(H,16,17). The zero-order chi connectivity index (χ0) is 14.0. The first-order valence-electron chi connectivity index (χ1n) is 6.04. The lowest BCUT2D eigenvalue weighted by molar-refractivity contribution is 1.13. The topological polar surface area (TPSA) is 50.9 Å². The molecular formula is C14H17N3S2. The SMILES string of the molecule is Cc1cc(CNc2nccc(C)c2C(N)=S)sc1C. The van der Waals surface area contributed by atoms with Gasteiger partial charge in [-0.2, -0.15) is 0 Å². The fourth-order valence-electron chi connectivity index (χ4n) is 1.91. The number of nitrogens with one attached hydrogen (secondary N) is 1. The summed E-state index contributed by atoms with van der Waals surface area (Å²) in [5.41, 5.74) is 8.97. The number of pyridine rings is 1. The molecule has 5 heteroatoms. The molecule has 0 fully saturated rings. The van der Waals surface area contributed by atoms with E-state index in [-0.39, 0.29) is 0 Å². The van der Waals surface area contributed by atoms with E-state index < -0.39 is 0 Å². The minimum atomic E-state index is 0.381. The van der Waals surface area contributed by atoms with E-state index in [0.717, 1.165) is 23.5 Å². The minimum absolute atomic E-state index is 0.381. The Labute approximate surface area is 122 Å². The predicted molar refractivity (Wildman–Crippen MR) is 86.0 cm³/mol. The number of hydrogen-bond donors (Lipinski definition) is 2. The molecule has 0 aliphatic rings. The number of hydrogen-bond acceptors (Lipinski definition) is 4. The van der Waals surface area contributed by atoms with Gasteiger partial charge < -0.3 is 11.1 Å². The Morgan fingerprint density at radius 2 is 2.11 bits per heavy atom. The van der Waals surface area contributed by atoms with Crippen molar-refractivity contribution in [3.8, 4) is 0 Å². The van der Waals surface area contributed by atoms with Crippen LogP contribution in [0, 0.1) is 20.8 Å². The number of nitrogens with two attached hydrogens (primary N) is 1. The zero-order valence-corrected chi connectivity index (χ0v) is 12.9. The molecule has 0 spiro atoms. The molecule has 2 heterocycles. The molecular weight excluding hydrogens is 274 g/mol. The van der Waals surface area contributed by atoms with E-state index in [1.54, 1.807) is 17.5 Å². The molecule has 100 valence electrons. The van der Waals surface area contributed by atoms with E-state index in [4.69, 9.17) is 18.0 Å². The van der Waals surface area contributed by atoms with Gasteiger partial charge in [0.2, 0.25) is 0 Å². The van der Waals surface area contributed by atoms with Gasteiger partial charge in [0.15, 0.2) is 0 Å². The van der Waals surface area contributed by atoms with Crippen molar-refractivity contribution in [3.05, 3.63) is 44.8 Å². The van der Waals surface area contributed by atoms with Gasteiger partial charge in [0.05, 0.1) is 12.1 Å². The molecule has 0 atom stereocenters. The monoisotopic (exact) mass is 291 g/mol. The molecule has 0 aliphatic carbocycles. The third kappa shape index (κ3) is 3.11. The number of thiophene rings is 1. The molecule has 0 amide bonds. The summed E-state index contributed by atoms with van der Waals surface area (Å²) in [4.78, 5) is 7.35. The van der Waals surface area contributed by atoms with Crippen molar-refractivity contribution in [1.29, 1.82) is 0 Å². The molecule has 0 saturated heterocycles. The van der Waals surface area contributed by atoms with Crippen molar-refractivity contribution in [2.45, 2.75) is 27.3 Å². The van der Waals surface area contributed by atoms with Crippen LogP contribution in [0.5, 0.6) is 0 Å². The van der Waals surface area contributed by atoms with Crippen LogP contribution in [0.15, 0.2) is 18.3 Å². The van der Waals surface area contributed by atoms with Gasteiger partial charge in [0, 0.05) is 16.0 Å². The third-order valence-corrected chi connectivity index (χ3v) is 4.41. The Bertz CT molecular complexity index is 598. The molecule has 2 aromatic heterocycles. The maximum Gasteiger partial charge on any atom is 0.136 e. The highest BCUT2D eigenvalue weighted by Gasteiger charge is 2.10. The second-order valence-corrected chi connectivity index (χ2v) is 6.30. The summed E-state index contributed by atoms with van der Waals surface area (Å²) in [6, 6.07) is 4.11. The fourth-order valence-corrected chi connectivity index (χ4v) is 3.16. The predicted octanol–water partition coefficient (Wildman–Crippen LogP) is 3.31. The largest absolute Gasteiger partial charge is 0.389 e. The lowest BCUT2D eigenvalue weighted by Gasteiger charge is -2.11. The molecule has 19 heavy (non-hydrogen) atoms. The number of anilines is 1. The summed E-state index contributed by atoms with van der Waals surface area (Å²) < 4.78 is 0.